The number of hydrogen-bond acceptors (Lipinski definition) is 2. The number of aromatic hydroxyl groups is 1. The smallest absolute Gasteiger partial charge is 0.124 e. The lowest BCUT2D eigenvalue weighted by atomic mass is 10.1. The summed E-state index contributed by atoms with van der Waals surface area (Å²) in [4.78, 5) is 4.39. The van der Waals surface area contributed by atoms with E-state index in [0.717, 1.165) is 16.6 Å². The quantitative estimate of drug-likeness (QED) is 0.746. The van der Waals surface area contributed by atoms with Crippen molar-refractivity contribution in [1.29, 1.82) is 0 Å². The van der Waals surface area contributed by atoms with Crippen LogP contribution in [0.2, 0.25) is 0 Å². The van der Waals surface area contributed by atoms with Crippen molar-refractivity contribution in [3.8, 4) is 5.75 Å². The molecule has 3 heteroatoms. The zero-order chi connectivity index (χ0) is 14.4. The number of halogens is 1. The van der Waals surface area contributed by atoms with Gasteiger partial charge in [-0.05, 0) is 48.7 Å². The molecule has 1 N–H and O–H groups in total. The van der Waals surface area contributed by atoms with Crippen molar-refractivity contribution in [3.63, 3.8) is 0 Å². The lowest BCUT2D eigenvalue weighted by Crippen LogP contribution is -1.84. The molecule has 0 saturated carbocycles. The van der Waals surface area contributed by atoms with E-state index in [0.29, 0.717) is 5.56 Å². The molecule has 0 fully saturated rings. The Balaban J connectivity index is 2.09. The fourth-order valence-electron chi connectivity index (χ4n) is 1.90. The van der Waals surface area contributed by atoms with Crippen molar-refractivity contribution in [2.45, 2.75) is 26.2 Å². The largest absolute Gasteiger partial charge is 0.507 e. The molecule has 2 aromatic carbocycles. The predicted molar refractivity (Wildman–Crippen MR) is 88.1 cm³/mol. The Hall–Kier alpha value is -1.61. The van der Waals surface area contributed by atoms with Gasteiger partial charge in [0.2, 0.25) is 0 Å². The van der Waals surface area contributed by atoms with Crippen LogP contribution in [0, 0.1) is 0 Å². The average molecular weight is 332 g/mol. The number of unbranched alkanes of at least 4 members (excludes halogenated alkanes) is 1. The van der Waals surface area contributed by atoms with Crippen LogP contribution in [0.1, 0.15) is 30.9 Å². The monoisotopic (exact) mass is 331 g/mol. The lowest BCUT2D eigenvalue weighted by Gasteiger charge is -2.01. The molecule has 0 unspecified atom stereocenters. The van der Waals surface area contributed by atoms with Gasteiger partial charge in [-0.1, -0.05) is 41.4 Å². The summed E-state index contributed by atoms with van der Waals surface area (Å²) in [6.07, 6.45) is 5.23. The first-order chi connectivity index (χ1) is 9.69. The van der Waals surface area contributed by atoms with Gasteiger partial charge < -0.3 is 5.11 Å². The van der Waals surface area contributed by atoms with E-state index in [-0.39, 0.29) is 5.75 Å². The van der Waals surface area contributed by atoms with Crippen LogP contribution in [-0.2, 0) is 6.42 Å². The van der Waals surface area contributed by atoms with Crippen LogP contribution >= 0.6 is 15.9 Å². The van der Waals surface area contributed by atoms with E-state index in [2.05, 4.69) is 40.0 Å². The summed E-state index contributed by atoms with van der Waals surface area (Å²) in [6.45, 7) is 2.20. The molecule has 0 atom stereocenters. The molecular formula is C17H18BrNO. The Morgan fingerprint density at radius 3 is 2.60 bits per heavy atom. The third kappa shape index (κ3) is 4.20. The summed E-state index contributed by atoms with van der Waals surface area (Å²) >= 11 is 3.38. The Morgan fingerprint density at radius 2 is 1.90 bits per heavy atom. The third-order valence-electron chi connectivity index (χ3n) is 3.10. The van der Waals surface area contributed by atoms with E-state index in [9.17, 15) is 5.11 Å². The van der Waals surface area contributed by atoms with Gasteiger partial charge in [0.25, 0.3) is 0 Å². The van der Waals surface area contributed by atoms with Crippen molar-refractivity contribution in [2.75, 3.05) is 0 Å². The molecule has 0 radical (unpaired) electrons. The topological polar surface area (TPSA) is 32.6 Å². The van der Waals surface area contributed by atoms with Crippen LogP contribution in [0.3, 0.4) is 0 Å². The number of nitrogens with zero attached hydrogens (tertiary/aromatic N) is 1. The highest BCUT2D eigenvalue weighted by Crippen LogP contribution is 2.21. The Morgan fingerprint density at radius 1 is 1.15 bits per heavy atom. The van der Waals surface area contributed by atoms with Crippen molar-refractivity contribution in [1.82, 2.24) is 0 Å². The molecule has 20 heavy (non-hydrogen) atoms. The molecule has 0 aromatic heterocycles. The second kappa shape index (κ2) is 7.25. The first kappa shape index (κ1) is 14.8. The number of aryl methyl sites for hydroxylation is 1. The van der Waals surface area contributed by atoms with Gasteiger partial charge in [0.05, 0.1) is 5.69 Å². The van der Waals surface area contributed by atoms with Gasteiger partial charge in [-0.15, -0.1) is 0 Å². The third-order valence-corrected chi connectivity index (χ3v) is 3.59. The second-order valence-electron chi connectivity index (χ2n) is 4.73. The average Bonchev–Trinajstić information content (AvgIpc) is 2.47. The molecule has 2 aromatic rings. The Kier molecular flexibility index (Phi) is 5.36. The number of phenols is 1. The molecule has 104 valence electrons. The molecule has 0 saturated heterocycles. The van der Waals surface area contributed by atoms with E-state index in [1.165, 1.54) is 18.4 Å². The molecule has 2 nitrogen and oxygen atoms in total. The van der Waals surface area contributed by atoms with Crippen molar-refractivity contribution >= 4 is 27.8 Å². The van der Waals surface area contributed by atoms with Gasteiger partial charge in [0.15, 0.2) is 0 Å². The molecule has 0 spiro atoms. The molecular weight excluding hydrogens is 314 g/mol. The maximum Gasteiger partial charge on any atom is 0.124 e. The summed E-state index contributed by atoms with van der Waals surface area (Å²) in [5.74, 6) is 0.233. The Bertz CT molecular complexity index is 590. The summed E-state index contributed by atoms with van der Waals surface area (Å²) in [5, 5.41) is 9.74. The summed E-state index contributed by atoms with van der Waals surface area (Å²) < 4.78 is 0.923. The highest BCUT2D eigenvalue weighted by Gasteiger charge is 1.99. The number of phenolic OH excluding ortho intramolecular Hbond substituents is 1. The van der Waals surface area contributed by atoms with Crippen molar-refractivity contribution in [3.05, 3.63) is 58.1 Å². The maximum absolute atomic E-state index is 9.74. The first-order valence-electron chi connectivity index (χ1n) is 6.80. The zero-order valence-corrected chi connectivity index (χ0v) is 13.1. The lowest BCUT2D eigenvalue weighted by molar-refractivity contribution is 0.474. The molecule has 0 bridgehead atoms. The molecule has 2 rings (SSSR count). The van der Waals surface area contributed by atoms with E-state index in [4.69, 9.17) is 0 Å². The van der Waals surface area contributed by atoms with Crippen LogP contribution < -0.4 is 0 Å². The van der Waals surface area contributed by atoms with Gasteiger partial charge in [-0.3, -0.25) is 4.99 Å². The fraction of sp³-hybridized carbons (Fsp3) is 0.235. The van der Waals surface area contributed by atoms with Gasteiger partial charge >= 0.3 is 0 Å². The van der Waals surface area contributed by atoms with Gasteiger partial charge in [-0.25, -0.2) is 0 Å². The normalized spacial score (nSPS) is 11.1. The highest BCUT2D eigenvalue weighted by molar-refractivity contribution is 9.10. The minimum absolute atomic E-state index is 0.233. The standard InChI is InChI=1S/C17H18BrNO/c1-2-3-4-13-5-8-16(9-6-13)19-12-14-11-15(18)7-10-17(14)20/h5-12,20H,2-4H2,1H3. The maximum atomic E-state index is 9.74. The van der Waals surface area contributed by atoms with E-state index >= 15 is 0 Å². The Labute approximate surface area is 128 Å². The molecule has 0 aliphatic rings. The van der Waals surface area contributed by atoms with Crippen molar-refractivity contribution in [2.24, 2.45) is 4.99 Å². The molecule has 0 heterocycles. The first-order valence-corrected chi connectivity index (χ1v) is 7.60. The minimum Gasteiger partial charge on any atom is -0.507 e. The SMILES string of the molecule is CCCCc1ccc(N=Cc2cc(Br)ccc2O)cc1. The summed E-state index contributed by atoms with van der Waals surface area (Å²) in [5.41, 5.74) is 2.94. The van der Waals surface area contributed by atoms with Gasteiger partial charge in [0.1, 0.15) is 5.75 Å². The van der Waals surface area contributed by atoms with Crippen LogP contribution in [0.15, 0.2) is 51.9 Å². The number of rotatable bonds is 5. The number of hydrogen-bond donors (Lipinski definition) is 1. The minimum atomic E-state index is 0.233. The van der Waals surface area contributed by atoms with Gasteiger partial charge in [0, 0.05) is 16.3 Å². The van der Waals surface area contributed by atoms with E-state index in [1.54, 1.807) is 18.3 Å². The van der Waals surface area contributed by atoms with Crippen LogP contribution in [0.4, 0.5) is 5.69 Å². The van der Waals surface area contributed by atoms with Crippen LogP contribution in [0.25, 0.3) is 0 Å². The molecule has 0 aliphatic carbocycles. The predicted octanol–water partition coefficient (Wildman–Crippen LogP) is 5.25. The number of benzene rings is 2. The number of aliphatic imine (C=N–C) groups is 1. The zero-order valence-electron chi connectivity index (χ0n) is 11.5. The van der Waals surface area contributed by atoms with Gasteiger partial charge in [-0.2, -0.15) is 0 Å². The summed E-state index contributed by atoms with van der Waals surface area (Å²) in [6, 6.07) is 13.5. The van der Waals surface area contributed by atoms with Crippen LogP contribution in [0.5, 0.6) is 5.75 Å². The highest BCUT2D eigenvalue weighted by atomic mass is 79.9. The van der Waals surface area contributed by atoms with Crippen molar-refractivity contribution < 1.29 is 5.11 Å². The molecule has 0 amide bonds. The van der Waals surface area contributed by atoms with E-state index in [1.807, 2.05) is 18.2 Å². The summed E-state index contributed by atoms with van der Waals surface area (Å²) in [7, 11) is 0. The van der Waals surface area contributed by atoms with E-state index < -0.39 is 0 Å². The second-order valence-corrected chi connectivity index (χ2v) is 5.65. The molecule has 0 aliphatic heterocycles. The fourth-order valence-corrected chi connectivity index (χ4v) is 2.28. The van der Waals surface area contributed by atoms with Crippen LogP contribution in [-0.4, -0.2) is 11.3 Å².